The van der Waals surface area contributed by atoms with Crippen LogP contribution < -0.4 is 0 Å². The van der Waals surface area contributed by atoms with Crippen LogP contribution in [0, 0.1) is 105 Å². The molecule has 0 aromatic rings. The van der Waals surface area contributed by atoms with E-state index in [-0.39, 0.29) is 0 Å². The molecule has 0 radical (unpaired) electrons. The van der Waals surface area contributed by atoms with Crippen LogP contribution in [0.25, 0.3) is 0 Å². The van der Waals surface area contributed by atoms with Gasteiger partial charge in [-0.1, -0.05) is 6.92 Å². The minimum Gasteiger partial charge on any atom is -0.0585 e. The lowest BCUT2D eigenvalue weighted by Gasteiger charge is -2.55. The SMILES string of the molecule is CC12[C@H]3[C@H]4[C@H]5[C@@H]6C7[C@H]8[C@@H]9[C@H]([C@H]1[C@@H]8[C@H]63)[C@@H]1C[C@@H]9C73[C@@H]5C[C@H]4C123. The summed E-state index contributed by atoms with van der Waals surface area (Å²) in [6.07, 6.45) is 3.52. The highest BCUT2D eigenvalue weighted by molar-refractivity contribution is 5.56. The van der Waals surface area contributed by atoms with Crippen LogP contribution in [0.15, 0.2) is 0 Å². The Morgan fingerprint density at radius 1 is 0.571 bits per heavy atom. The molecule has 18 atom stereocenters. The van der Waals surface area contributed by atoms with Crippen LogP contribution >= 0.6 is 0 Å². The van der Waals surface area contributed by atoms with Gasteiger partial charge in [0.05, 0.1) is 0 Å². The van der Waals surface area contributed by atoms with E-state index in [1.54, 1.807) is 12.8 Å². The third-order valence-corrected chi connectivity index (χ3v) is 14.4. The van der Waals surface area contributed by atoms with Crippen molar-refractivity contribution in [2.45, 2.75) is 19.8 Å². The molecule has 21 heavy (non-hydrogen) atoms. The first-order valence-electron chi connectivity index (χ1n) is 10.3. The van der Waals surface area contributed by atoms with E-state index in [2.05, 4.69) is 6.92 Å². The first-order chi connectivity index (χ1) is 10.3. The van der Waals surface area contributed by atoms with Gasteiger partial charge in [-0.05, 0) is 118 Å². The zero-order valence-electron chi connectivity index (χ0n) is 12.6. The summed E-state index contributed by atoms with van der Waals surface area (Å²) in [5.74, 6) is 19.4. The summed E-state index contributed by atoms with van der Waals surface area (Å²) >= 11 is 0. The predicted molar refractivity (Wildman–Crippen MR) is 74.6 cm³/mol. The molecule has 0 nitrogen and oxygen atoms in total. The molecule has 0 heteroatoms. The van der Waals surface area contributed by atoms with Gasteiger partial charge in [0, 0.05) is 0 Å². The van der Waals surface area contributed by atoms with Gasteiger partial charge < -0.3 is 0 Å². The molecule has 12 aliphatic rings. The van der Waals surface area contributed by atoms with Gasteiger partial charge in [-0.25, -0.2) is 0 Å². The van der Waals surface area contributed by atoms with E-state index in [0.717, 1.165) is 16.2 Å². The van der Waals surface area contributed by atoms with Gasteiger partial charge in [0.15, 0.2) is 0 Å². The van der Waals surface area contributed by atoms with Gasteiger partial charge in [0.25, 0.3) is 0 Å². The molecule has 12 aliphatic carbocycles. The molecule has 0 aromatic carbocycles. The normalized spacial score (nSPS) is 107. The van der Waals surface area contributed by atoms with Crippen LogP contribution in [0.5, 0.6) is 0 Å². The molecule has 12 rings (SSSR count). The van der Waals surface area contributed by atoms with E-state index in [4.69, 9.17) is 0 Å². The van der Waals surface area contributed by atoms with Gasteiger partial charge in [-0.15, -0.1) is 0 Å². The van der Waals surface area contributed by atoms with Crippen molar-refractivity contribution >= 4 is 0 Å². The van der Waals surface area contributed by atoms with E-state index in [0.29, 0.717) is 0 Å². The lowest BCUT2D eigenvalue weighted by atomic mass is 9.49. The molecule has 0 N–H and O–H groups in total. The number of rotatable bonds is 0. The molecular formula is C21H22. The van der Waals surface area contributed by atoms with E-state index in [9.17, 15) is 0 Å². The van der Waals surface area contributed by atoms with Crippen LogP contribution in [-0.2, 0) is 0 Å². The van der Waals surface area contributed by atoms with Crippen LogP contribution in [0.1, 0.15) is 19.8 Å². The van der Waals surface area contributed by atoms with Gasteiger partial charge >= 0.3 is 0 Å². The lowest BCUT2D eigenvalue weighted by molar-refractivity contribution is -0.0913. The Kier molecular flexibility index (Phi) is 0.711. The topological polar surface area (TPSA) is 0 Å². The van der Waals surface area contributed by atoms with Gasteiger partial charge in [0.2, 0.25) is 0 Å². The van der Waals surface area contributed by atoms with E-state index >= 15 is 0 Å². The highest BCUT2D eigenvalue weighted by Crippen LogP contribution is 3.13. The average molecular weight is 274 g/mol. The Hall–Kier alpha value is 0. The third-order valence-electron chi connectivity index (χ3n) is 14.4. The Balaban J connectivity index is 1.58. The summed E-state index contributed by atoms with van der Waals surface area (Å²) in [7, 11) is 0. The fraction of sp³-hybridized carbons (Fsp3) is 1.00. The monoisotopic (exact) mass is 274 g/mol. The van der Waals surface area contributed by atoms with Crippen molar-refractivity contribution < 1.29 is 0 Å². The maximum atomic E-state index is 2.94. The first kappa shape index (κ1) is 8.74. The molecule has 12 saturated carbocycles. The molecule has 12 fully saturated rings. The summed E-state index contributed by atoms with van der Waals surface area (Å²) in [4.78, 5) is 0. The maximum absolute atomic E-state index is 2.94. The van der Waals surface area contributed by atoms with Gasteiger partial charge in [-0.3, -0.25) is 0 Å². The van der Waals surface area contributed by atoms with Crippen LogP contribution in [0.4, 0.5) is 0 Å². The largest absolute Gasteiger partial charge is 0.0585 e. The van der Waals surface area contributed by atoms with Crippen LogP contribution in [0.2, 0.25) is 0 Å². The third kappa shape index (κ3) is 0.350. The Morgan fingerprint density at radius 2 is 1.10 bits per heavy atom. The predicted octanol–water partition coefficient (Wildman–Crippen LogP) is 3.14. The molecule has 0 heterocycles. The number of hydrogen-bond acceptors (Lipinski definition) is 0. The first-order valence-corrected chi connectivity index (χ1v) is 10.3. The highest BCUT2D eigenvalue weighted by atomic mass is 15.1. The molecule has 0 aromatic heterocycles. The minimum atomic E-state index is 0.898. The second kappa shape index (κ2) is 1.71. The fourth-order valence-electron chi connectivity index (χ4n) is 16.8. The Morgan fingerprint density at radius 3 is 1.67 bits per heavy atom. The van der Waals surface area contributed by atoms with E-state index < -0.39 is 0 Å². The van der Waals surface area contributed by atoms with Crippen molar-refractivity contribution in [2.24, 2.45) is 105 Å². The van der Waals surface area contributed by atoms with Gasteiger partial charge in [-0.2, -0.15) is 0 Å². The molecule has 0 saturated heterocycles. The van der Waals surface area contributed by atoms with E-state index in [1.807, 2.05) is 0 Å². The summed E-state index contributed by atoms with van der Waals surface area (Å²) < 4.78 is 0. The Labute approximate surface area is 125 Å². The molecule has 106 valence electrons. The summed E-state index contributed by atoms with van der Waals surface area (Å²) in [6.45, 7) is 2.94. The molecule has 4 bridgehead atoms. The van der Waals surface area contributed by atoms with E-state index in [1.165, 1.54) is 88.8 Å². The second-order valence-corrected chi connectivity index (χ2v) is 12.2. The van der Waals surface area contributed by atoms with Crippen molar-refractivity contribution in [3.05, 3.63) is 0 Å². The van der Waals surface area contributed by atoms with Crippen molar-refractivity contribution in [3.8, 4) is 0 Å². The molecule has 4 unspecified atom stereocenters. The zero-order valence-corrected chi connectivity index (χ0v) is 12.6. The highest BCUT2D eigenvalue weighted by Gasteiger charge is 3.10. The molecule has 0 amide bonds. The fourth-order valence-corrected chi connectivity index (χ4v) is 16.8. The van der Waals surface area contributed by atoms with Crippen molar-refractivity contribution in [1.29, 1.82) is 0 Å². The van der Waals surface area contributed by atoms with Crippen LogP contribution in [-0.4, -0.2) is 0 Å². The molecule has 0 aliphatic heterocycles. The average Bonchev–Trinajstić information content (AvgIpc) is 3.11. The summed E-state index contributed by atoms with van der Waals surface area (Å²) in [6, 6.07) is 0. The van der Waals surface area contributed by atoms with Crippen LogP contribution in [0.3, 0.4) is 0 Å². The summed E-state index contributed by atoms with van der Waals surface area (Å²) in [5.41, 5.74) is 2.87. The smallest absolute Gasteiger partial charge is 0.0111 e. The van der Waals surface area contributed by atoms with Gasteiger partial charge in [0.1, 0.15) is 0 Å². The lowest BCUT2D eigenvalue weighted by Crippen LogP contribution is -2.52. The minimum absolute atomic E-state index is 0.898. The standard InChI is InChI=1S/C21H22/c1-19-16-10-6-2-4-8(10)12-14(16)15-13-9-5-3-7(11(9)17(15)19)21(6,19)20(4,5)18(12)13/h4-18H,2-3H2,1H3/t4-,5+,6-,7+,8-,9-,10+,11+,12-,13-,14-,15-,16-,17-,18?,19?,20?,21?/m0/s1. The second-order valence-electron chi connectivity index (χ2n) is 12.2. The number of hydrogen-bond donors (Lipinski definition) is 0. The molecule has 2 spiro atoms. The molecular weight excluding hydrogens is 252 g/mol. The van der Waals surface area contributed by atoms with Crippen molar-refractivity contribution in [2.75, 3.05) is 0 Å². The van der Waals surface area contributed by atoms with Crippen molar-refractivity contribution in [3.63, 3.8) is 0 Å². The summed E-state index contributed by atoms with van der Waals surface area (Å²) in [5, 5.41) is 0. The quantitative estimate of drug-likeness (QED) is 0.636. The van der Waals surface area contributed by atoms with Crippen molar-refractivity contribution in [1.82, 2.24) is 0 Å². The Bertz CT molecular complexity index is 721. The zero-order chi connectivity index (χ0) is 12.6. The maximum Gasteiger partial charge on any atom is -0.0111 e.